The molecule has 17 heavy (non-hydrogen) atoms. The van der Waals surface area contributed by atoms with Gasteiger partial charge in [-0.15, -0.1) is 0 Å². The first-order valence-electron chi connectivity index (χ1n) is 4.81. The Morgan fingerprint density at radius 3 is 2.65 bits per heavy atom. The molecule has 6 heteroatoms. The summed E-state index contributed by atoms with van der Waals surface area (Å²) < 4.78 is 5.31. The molecule has 2 rings (SSSR count). The third kappa shape index (κ3) is 2.54. The van der Waals surface area contributed by atoms with Gasteiger partial charge in [-0.1, -0.05) is 0 Å². The highest BCUT2D eigenvalue weighted by Gasteiger charge is 2.14. The van der Waals surface area contributed by atoms with Crippen molar-refractivity contribution in [2.75, 3.05) is 0 Å². The van der Waals surface area contributed by atoms with E-state index in [-0.39, 0.29) is 11.6 Å². The first-order valence-corrected chi connectivity index (χ1v) is 4.81. The molecule has 2 aromatic rings. The summed E-state index contributed by atoms with van der Waals surface area (Å²) in [6.45, 7) is 1.84. The minimum Gasteiger partial charge on any atom is -0.476 e. The fourth-order valence-electron chi connectivity index (χ4n) is 1.17. The number of nitrogens with zero attached hydrogens (tertiary/aromatic N) is 3. The van der Waals surface area contributed by atoms with Crippen molar-refractivity contribution >= 4 is 5.97 Å². The molecule has 0 bridgehead atoms. The molecule has 0 saturated heterocycles. The lowest BCUT2D eigenvalue weighted by atomic mass is 10.4. The maximum Gasteiger partial charge on any atom is 0.360 e. The first kappa shape index (κ1) is 11.0. The van der Waals surface area contributed by atoms with E-state index in [0.717, 1.165) is 5.69 Å². The van der Waals surface area contributed by atoms with Crippen molar-refractivity contribution in [1.82, 2.24) is 15.0 Å². The van der Waals surface area contributed by atoms with Crippen molar-refractivity contribution in [2.45, 2.75) is 6.92 Å². The van der Waals surface area contributed by atoms with E-state index in [9.17, 15) is 4.79 Å². The van der Waals surface area contributed by atoms with Crippen molar-refractivity contribution in [3.8, 4) is 11.6 Å². The highest BCUT2D eigenvalue weighted by Crippen LogP contribution is 2.20. The predicted octanol–water partition coefficient (Wildman–Crippen LogP) is 1.67. The van der Waals surface area contributed by atoms with Crippen LogP contribution in [-0.4, -0.2) is 26.0 Å². The van der Waals surface area contributed by atoms with Crippen LogP contribution >= 0.6 is 0 Å². The van der Waals surface area contributed by atoms with Crippen LogP contribution in [0.25, 0.3) is 0 Å². The highest BCUT2D eigenvalue weighted by molar-refractivity contribution is 5.87. The lowest BCUT2D eigenvalue weighted by Crippen LogP contribution is -2.04. The maximum atomic E-state index is 10.9. The largest absolute Gasteiger partial charge is 0.476 e. The number of carboxylic acid groups (broad SMARTS) is 1. The summed E-state index contributed by atoms with van der Waals surface area (Å²) in [6.07, 6.45) is 4.16. The summed E-state index contributed by atoms with van der Waals surface area (Å²) in [5.41, 5.74) is 0.614. The van der Waals surface area contributed by atoms with Gasteiger partial charge in [-0.3, -0.25) is 4.98 Å². The van der Waals surface area contributed by atoms with Gasteiger partial charge in [-0.05, 0) is 19.1 Å². The Labute approximate surface area is 96.9 Å². The minimum atomic E-state index is -1.19. The maximum absolute atomic E-state index is 10.9. The molecule has 0 aliphatic heterocycles. The number of rotatable bonds is 3. The van der Waals surface area contributed by atoms with E-state index in [4.69, 9.17) is 9.84 Å². The quantitative estimate of drug-likeness (QED) is 0.864. The number of aromatic nitrogens is 3. The van der Waals surface area contributed by atoms with Gasteiger partial charge >= 0.3 is 5.97 Å². The van der Waals surface area contributed by atoms with E-state index < -0.39 is 5.97 Å². The number of hydrogen-bond donors (Lipinski definition) is 1. The Hall–Kier alpha value is -2.50. The van der Waals surface area contributed by atoms with Gasteiger partial charge in [0.25, 0.3) is 5.88 Å². The molecular weight excluding hydrogens is 222 g/mol. The van der Waals surface area contributed by atoms with Gasteiger partial charge in [0.2, 0.25) is 5.69 Å². The molecular formula is C11H9N3O3. The van der Waals surface area contributed by atoms with Crippen molar-refractivity contribution in [2.24, 2.45) is 0 Å². The Bertz CT molecular complexity index is 540. The summed E-state index contributed by atoms with van der Waals surface area (Å²) in [5.74, 6) is -0.822. The topological polar surface area (TPSA) is 85.2 Å². The molecule has 0 saturated carbocycles. The van der Waals surface area contributed by atoms with E-state index in [2.05, 4.69) is 15.0 Å². The minimum absolute atomic E-state index is 0.0503. The molecule has 0 fully saturated rings. The zero-order valence-corrected chi connectivity index (χ0v) is 8.99. The van der Waals surface area contributed by atoms with Gasteiger partial charge in [0.1, 0.15) is 5.75 Å². The summed E-state index contributed by atoms with van der Waals surface area (Å²) >= 11 is 0. The second-order valence-corrected chi connectivity index (χ2v) is 3.25. The number of pyridine rings is 1. The monoisotopic (exact) mass is 231 g/mol. The average molecular weight is 231 g/mol. The van der Waals surface area contributed by atoms with Crippen LogP contribution in [-0.2, 0) is 0 Å². The van der Waals surface area contributed by atoms with Gasteiger partial charge in [-0.25, -0.2) is 14.8 Å². The number of aryl methyl sites for hydroxylation is 1. The van der Waals surface area contributed by atoms with Crippen LogP contribution in [0.5, 0.6) is 11.6 Å². The van der Waals surface area contributed by atoms with Crippen LogP contribution < -0.4 is 4.74 Å². The second-order valence-electron chi connectivity index (χ2n) is 3.25. The molecule has 0 amide bonds. The van der Waals surface area contributed by atoms with Crippen LogP contribution in [0.2, 0.25) is 0 Å². The summed E-state index contributed by atoms with van der Waals surface area (Å²) in [7, 11) is 0. The summed E-state index contributed by atoms with van der Waals surface area (Å²) in [5, 5.41) is 8.89. The van der Waals surface area contributed by atoms with E-state index in [1.54, 1.807) is 12.1 Å². The highest BCUT2D eigenvalue weighted by atomic mass is 16.5. The van der Waals surface area contributed by atoms with Crippen LogP contribution in [0.15, 0.2) is 30.7 Å². The number of ether oxygens (including phenoxy) is 1. The summed E-state index contributed by atoms with van der Waals surface area (Å²) in [6, 6.07) is 3.44. The third-order valence-corrected chi connectivity index (χ3v) is 1.97. The van der Waals surface area contributed by atoms with Crippen molar-refractivity contribution in [1.29, 1.82) is 0 Å². The van der Waals surface area contributed by atoms with Gasteiger partial charge in [0, 0.05) is 18.1 Å². The van der Waals surface area contributed by atoms with E-state index in [1.165, 1.54) is 18.6 Å². The molecule has 1 N–H and O–H groups in total. The Morgan fingerprint density at radius 1 is 1.24 bits per heavy atom. The van der Waals surface area contributed by atoms with E-state index in [0.29, 0.717) is 5.75 Å². The average Bonchev–Trinajstić information content (AvgIpc) is 2.32. The van der Waals surface area contributed by atoms with Gasteiger partial charge < -0.3 is 9.84 Å². The number of carboxylic acids is 1. The number of carbonyl (C=O) groups is 1. The molecule has 0 aliphatic rings. The molecule has 0 spiro atoms. The molecule has 0 aromatic carbocycles. The summed E-state index contributed by atoms with van der Waals surface area (Å²) in [4.78, 5) is 22.4. The third-order valence-electron chi connectivity index (χ3n) is 1.97. The molecule has 0 aliphatic carbocycles. The predicted molar refractivity (Wildman–Crippen MR) is 58.0 cm³/mol. The van der Waals surface area contributed by atoms with Crippen LogP contribution in [0, 0.1) is 6.92 Å². The lowest BCUT2D eigenvalue weighted by molar-refractivity contribution is 0.0686. The SMILES string of the molecule is Cc1ccc(Oc2nccnc2C(=O)O)cn1. The van der Waals surface area contributed by atoms with E-state index >= 15 is 0 Å². The normalized spacial score (nSPS) is 9.94. The van der Waals surface area contributed by atoms with Crippen LogP contribution in [0.3, 0.4) is 0 Å². The molecule has 0 unspecified atom stereocenters. The zero-order valence-electron chi connectivity index (χ0n) is 8.99. The second kappa shape index (κ2) is 4.56. The zero-order chi connectivity index (χ0) is 12.3. The van der Waals surface area contributed by atoms with E-state index in [1.807, 2.05) is 6.92 Å². The Kier molecular flexibility index (Phi) is 2.95. The van der Waals surface area contributed by atoms with Crippen molar-refractivity contribution in [3.05, 3.63) is 42.1 Å². The lowest BCUT2D eigenvalue weighted by Gasteiger charge is -2.05. The Morgan fingerprint density at radius 2 is 2.00 bits per heavy atom. The van der Waals surface area contributed by atoms with Gasteiger partial charge in [0.05, 0.1) is 6.20 Å². The molecule has 2 aromatic heterocycles. The molecule has 86 valence electrons. The molecule has 2 heterocycles. The first-order chi connectivity index (χ1) is 8.16. The van der Waals surface area contributed by atoms with Gasteiger partial charge in [0.15, 0.2) is 0 Å². The molecule has 0 radical (unpaired) electrons. The van der Waals surface area contributed by atoms with Gasteiger partial charge in [-0.2, -0.15) is 0 Å². The van der Waals surface area contributed by atoms with Crippen LogP contribution in [0.4, 0.5) is 0 Å². The van der Waals surface area contributed by atoms with Crippen molar-refractivity contribution in [3.63, 3.8) is 0 Å². The number of hydrogen-bond acceptors (Lipinski definition) is 5. The fourth-order valence-corrected chi connectivity index (χ4v) is 1.17. The molecule has 6 nitrogen and oxygen atoms in total. The molecule has 0 atom stereocenters. The van der Waals surface area contributed by atoms with Crippen molar-refractivity contribution < 1.29 is 14.6 Å². The smallest absolute Gasteiger partial charge is 0.360 e. The standard InChI is InChI=1S/C11H9N3O3/c1-7-2-3-8(6-14-7)17-10-9(11(15)16)12-4-5-13-10/h2-6H,1H3,(H,15,16). The fraction of sp³-hybridized carbons (Fsp3) is 0.0909. The van der Waals surface area contributed by atoms with Crippen LogP contribution in [0.1, 0.15) is 16.2 Å². The Balaban J connectivity index is 2.30. The number of aromatic carboxylic acids is 1.